The van der Waals surface area contributed by atoms with Crippen LogP contribution < -0.4 is 5.32 Å². The summed E-state index contributed by atoms with van der Waals surface area (Å²) >= 11 is 0. The molecule has 122 valence electrons. The highest BCUT2D eigenvalue weighted by Crippen LogP contribution is 2.39. The Labute approximate surface area is 136 Å². The number of hydrogen-bond acceptors (Lipinski definition) is 4. The fourth-order valence-corrected chi connectivity index (χ4v) is 3.42. The lowest BCUT2D eigenvalue weighted by molar-refractivity contribution is 0.108. The van der Waals surface area contributed by atoms with Gasteiger partial charge in [0.15, 0.2) is 11.5 Å². The second-order valence-electron chi connectivity index (χ2n) is 6.35. The maximum absolute atomic E-state index is 10.6. The van der Waals surface area contributed by atoms with E-state index in [9.17, 15) is 15.3 Å². The van der Waals surface area contributed by atoms with Crippen molar-refractivity contribution >= 4 is 0 Å². The topological polar surface area (TPSA) is 72.7 Å². The molecule has 2 aromatic carbocycles. The van der Waals surface area contributed by atoms with Gasteiger partial charge in [-0.3, -0.25) is 0 Å². The number of aliphatic hydroxyl groups is 1. The third-order valence-electron chi connectivity index (χ3n) is 4.59. The Morgan fingerprint density at radius 1 is 1.13 bits per heavy atom. The van der Waals surface area contributed by atoms with Gasteiger partial charge in [0.25, 0.3) is 0 Å². The van der Waals surface area contributed by atoms with Crippen molar-refractivity contribution in [1.29, 1.82) is 0 Å². The van der Waals surface area contributed by atoms with Gasteiger partial charge in [0.1, 0.15) is 0 Å². The fourth-order valence-electron chi connectivity index (χ4n) is 3.42. The lowest BCUT2D eigenvalue weighted by Gasteiger charge is -2.33. The highest BCUT2D eigenvalue weighted by Gasteiger charge is 2.31. The van der Waals surface area contributed by atoms with Gasteiger partial charge in [-0.15, -0.1) is 0 Å². The van der Waals surface area contributed by atoms with Crippen LogP contribution in [0.3, 0.4) is 0 Å². The summed E-state index contributed by atoms with van der Waals surface area (Å²) < 4.78 is 0. The van der Waals surface area contributed by atoms with Gasteiger partial charge < -0.3 is 20.6 Å². The molecule has 3 atom stereocenters. The minimum Gasteiger partial charge on any atom is -0.504 e. The molecule has 4 nitrogen and oxygen atoms in total. The summed E-state index contributed by atoms with van der Waals surface area (Å²) in [5.74, 6) is -0.225. The molecule has 1 unspecified atom stereocenters. The molecule has 2 aromatic rings. The molecule has 23 heavy (non-hydrogen) atoms. The molecule has 0 heterocycles. The molecule has 0 amide bonds. The van der Waals surface area contributed by atoms with E-state index in [4.69, 9.17) is 0 Å². The van der Waals surface area contributed by atoms with Crippen LogP contribution in [0, 0.1) is 0 Å². The van der Waals surface area contributed by atoms with Crippen molar-refractivity contribution in [3.05, 3.63) is 59.2 Å². The summed E-state index contributed by atoms with van der Waals surface area (Å²) in [4.78, 5) is 0. The Morgan fingerprint density at radius 3 is 2.61 bits per heavy atom. The molecule has 0 spiro atoms. The van der Waals surface area contributed by atoms with Crippen LogP contribution in [0.2, 0.25) is 0 Å². The standard InChI is InChI=1S/C19H23NO3/c1-12(11-13-5-3-2-4-6-13)20-16-9-7-15-14(18(16)22)8-10-17(21)19(15)23/h2-6,8,10,12,16,18,20-23H,7,9,11H2,1H3/t12?,16-,18-/m1/s1. The molecular formula is C19H23NO3. The number of phenols is 2. The van der Waals surface area contributed by atoms with Crippen molar-refractivity contribution in [2.24, 2.45) is 0 Å². The predicted octanol–water partition coefficient (Wildman–Crippen LogP) is 2.67. The normalized spacial score (nSPS) is 21.7. The van der Waals surface area contributed by atoms with Crippen molar-refractivity contribution in [1.82, 2.24) is 5.32 Å². The van der Waals surface area contributed by atoms with E-state index in [1.807, 2.05) is 18.2 Å². The molecular weight excluding hydrogens is 290 g/mol. The third-order valence-corrected chi connectivity index (χ3v) is 4.59. The van der Waals surface area contributed by atoms with Crippen LogP contribution in [0.25, 0.3) is 0 Å². The molecule has 0 saturated carbocycles. The molecule has 3 rings (SSSR count). The van der Waals surface area contributed by atoms with Crippen LogP contribution in [-0.4, -0.2) is 27.4 Å². The Hall–Kier alpha value is -2.04. The van der Waals surface area contributed by atoms with E-state index in [-0.39, 0.29) is 23.6 Å². The first-order chi connectivity index (χ1) is 11.1. The van der Waals surface area contributed by atoms with Gasteiger partial charge >= 0.3 is 0 Å². The zero-order valence-corrected chi connectivity index (χ0v) is 13.2. The largest absolute Gasteiger partial charge is 0.504 e. The highest BCUT2D eigenvalue weighted by molar-refractivity contribution is 5.51. The smallest absolute Gasteiger partial charge is 0.161 e. The van der Waals surface area contributed by atoms with E-state index < -0.39 is 6.10 Å². The van der Waals surface area contributed by atoms with Crippen LogP contribution in [-0.2, 0) is 12.8 Å². The molecule has 0 fully saturated rings. The van der Waals surface area contributed by atoms with Crippen LogP contribution in [0.5, 0.6) is 11.5 Å². The summed E-state index contributed by atoms with van der Waals surface area (Å²) in [7, 11) is 0. The Morgan fingerprint density at radius 2 is 1.87 bits per heavy atom. The van der Waals surface area contributed by atoms with Crippen molar-refractivity contribution in [2.45, 2.75) is 44.4 Å². The molecule has 1 aliphatic carbocycles. The summed E-state index contributed by atoms with van der Waals surface area (Å²) in [6.07, 6.45) is 1.59. The maximum Gasteiger partial charge on any atom is 0.161 e. The average molecular weight is 313 g/mol. The van der Waals surface area contributed by atoms with Crippen molar-refractivity contribution in [2.75, 3.05) is 0 Å². The Balaban J connectivity index is 1.69. The van der Waals surface area contributed by atoms with Gasteiger partial charge in [-0.2, -0.15) is 0 Å². The summed E-state index contributed by atoms with van der Waals surface area (Å²) in [5.41, 5.74) is 2.63. The van der Waals surface area contributed by atoms with Crippen LogP contribution in [0.15, 0.2) is 42.5 Å². The molecule has 1 aliphatic rings. The van der Waals surface area contributed by atoms with Gasteiger partial charge in [0.05, 0.1) is 6.10 Å². The lowest BCUT2D eigenvalue weighted by Crippen LogP contribution is -2.43. The summed E-state index contributed by atoms with van der Waals surface area (Å²) in [5, 5.41) is 33.6. The van der Waals surface area contributed by atoms with Crippen LogP contribution in [0.4, 0.5) is 0 Å². The van der Waals surface area contributed by atoms with Crippen molar-refractivity contribution in [3.63, 3.8) is 0 Å². The van der Waals surface area contributed by atoms with Crippen LogP contribution in [0.1, 0.15) is 36.1 Å². The fraction of sp³-hybridized carbons (Fsp3) is 0.368. The van der Waals surface area contributed by atoms with Crippen LogP contribution >= 0.6 is 0 Å². The number of nitrogens with one attached hydrogen (secondary N) is 1. The first kappa shape index (κ1) is 15.8. The predicted molar refractivity (Wildman–Crippen MR) is 89.6 cm³/mol. The monoisotopic (exact) mass is 313 g/mol. The zero-order valence-electron chi connectivity index (χ0n) is 13.2. The summed E-state index contributed by atoms with van der Waals surface area (Å²) in [6.45, 7) is 2.11. The number of hydrogen-bond donors (Lipinski definition) is 4. The Kier molecular flexibility index (Phi) is 4.55. The number of phenolic OH excluding ortho intramolecular Hbond substituents is 2. The van der Waals surface area contributed by atoms with Gasteiger partial charge in [-0.05, 0) is 43.4 Å². The SMILES string of the molecule is CC(Cc1ccccc1)N[C@@H]1CCc2c(ccc(O)c2O)[C@H]1O. The molecule has 0 bridgehead atoms. The molecule has 4 heteroatoms. The van der Waals surface area contributed by atoms with Gasteiger partial charge in [-0.1, -0.05) is 36.4 Å². The number of fused-ring (bicyclic) bond motifs is 1. The maximum atomic E-state index is 10.6. The minimum absolute atomic E-state index is 0.0508. The van der Waals surface area contributed by atoms with E-state index in [1.165, 1.54) is 11.6 Å². The quantitative estimate of drug-likeness (QED) is 0.655. The number of aromatic hydroxyl groups is 2. The van der Waals surface area contributed by atoms with Gasteiger partial charge in [0, 0.05) is 17.6 Å². The van der Waals surface area contributed by atoms with E-state index in [0.29, 0.717) is 17.5 Å². The summed E-state index contributed by atoms with van der Waals surface area (Å²) in [6, 6.07) is 13.6. The zero-order chi connectivity index (χ0) is 16.4. The number of aliphatic hydroxyl groups excluding tert-OH is 1. The van der Waals surface area contributed by atoms with E-state index in [0.717, 1.165) is 12.8 Å². The number of rotatable bonds is 4. The first-order valence-corrected chi connectivity index (χ1v) is 8.08. The minimum atomic E-state index is -0.677. The molecule has 0 aromatic heterocycles. The molecule has 0 saturated heterocycles. The lowest BCUT2D eigenvalue weighted by atomic mass is 9.84. The average Bonchev–Trinajstić information content (AvgIpc) is 2.54. The van der Waals surface area contributed by atoms with E-state index in [1.54, 1.807) is 6.07 Å². The third kappa shape index (κ3) is 3.33. The van der Waals surface area contributed by atoms with Crippen molar-refractivity contribution in [3.8, 4) is 11.5 Å². The van der Waals surface area contributed by atoms with E-state index in [2.05, 4.69) is 24.4 Å². The van der Waals surface area contributed by atoms with E-state index >= 15 is 0 Å². The second kappa shape index (κ2) is 6.60. The first-order valence-electron chi connectivity index (χ1n) is 8.08. The molecule has 0 radical (unpaired) electrons. The van der Waals surface area contributed by atoms with Gasteiger partial charge in [-0.25, -0.2) is 0 Å². The Bertz CT molecular complexity index is 672. The van der Waals surface area contributed by atoms with Crippen molar-refractivity contribution < 1.29 is 15.3 Å². The molecule has 4 N–H and O–H groups in total. The molecule has 0 aliphatic heterocycles. The highest BCUT2D eigenvalue weighted by atomic mass is 16.3. The number of benzene rings is 2. The van der Waals surface area contributed by atoms with Gasteiger partial charge in [0.2, 0.25) is 0 Å². The second-order valence-corrected chi connectivity index (χ2v) is 6.35.